The van der Waals surface area contributed by atoms with Crippen LogP contribution in [0.4, 0.5) is 10.5 Å². The number of nitrogens with zero attached hydrogens (tertiary/aromatic N) is 2. The van der Waals surface area contributed by atoms with Crippen LogP contribution in [0.2, 0.25) is 0 Å². The second kappa shape index (κ2) is 7.22. The molecule has 0 N–H and O–H groups in total. The van der Waals surface area contributed by atoms with Gasteiger partial charge in [0.25, 0.3) is 0 Å². The molecule has 0 radical (unpaired) electrons. The van der Waals surface area contributed by atoms with Crippen molar-refractivity contribution in [1.29, 1.82) is 0 Å². The van der Waals surface area contributed by atoms with Crippen LogP contribution >= 0.6 is 21.6 Å². The third kappa shape index (κ3) is 3.46. The average molecular weight is 373 g/mol. The average Bonchev–Trinajstić information content (AvgIpc) is 3.00. The van der Waals surface area contributed by atoms with Gasteiger partial charge in [-0.25, -0.2) is 4.79 Å². The lowest BCUT2D eigenvalue weighted by Crippen LogP contribution is -2.49. The second-order valence-electron chi connectivity index (χ2n) is 6.24. The number of aryl methyl sites for hydroxylation is 1. The standard InChI is InChI=1S/C19H20N2O2S2/c1-14-7-8-16-17(18(14)25-24-16)20-9-11-21(12-10-20)19(22)23-13-15-5-3-2-4-6-15/h2-8H,9-13H2,1H3. The fraction of sp³-hybridized carbons (Fsp3) is 0.316. The molecule has 1 fully saturated rings. The number of hydrogen-bond acceptors (Lipinski definition) is 5. The number of carbonyl (C=O) groups is 1. The highest BCUT2D eigenvalue weighted by molar-refractivity contribution is 8.77. The number of fused-ring (bicyclic) bond motifs is 2. The van der Waals surface area contributed by atoms with E-state index >= 15 is 0 Å². The van der Waals surface area contributed by atoms with Gasteiger partial charge in [-0.05, 0) is 34.9 Å². The van der Waals surface area contributed by atoms with Crippen LogP contribution < -0.4 is 4.90 Å². The zero-order valence-corrected chi connectivity index (χ0v) is 15.7. The fourth-order valence-corrected chi connectivity index (χ4v) is 5.88. The molecule has 0 saturated carbocycles. The lowest BCUT2D eigenvalue weighted by atomic mass is 10.2. The summed E-state index contributed by atoms with van der Waals surface area (Å²) < 4.78 is 5.45. The molecule has 4 rings (SSSR count). The molecule has 2 aliphatic heterocycles. The molecule has 0 unspecified atom stereocenters. The molecule has 4 nitrogen and oxygen atoms in total. The molecule has 0 atom stereocenters. The number of ether oxygens (including phenoxy) is 1. The minimum atomic E-state index is -0.216. The van der Waals surface area contributed by atoms with E-state index in [-0.39, 0.29) is 6.09 Å². The predicted molar refractivity (Wildman–Crippen MR) is 103 cm³/mol. The summed E-state index contributed by atoms with van der Waals surface area (Å²) >= 11 is 0. The normalized spacial score (nSPS) is 16.2. The maximum absolute atomic E-state index is 12.3. The quantitative estimate of drug-likeness (QED) is 0.737. The molecule has 2 heterocycles. The van der Waals surface area contributed by atoms with E-state index < -0.39 is 0 Å². The van der Waals surface area contributed by atoms with Gasteiger partial charge in [-0.2, -0.15) is 0 Å². The Kier molecular flexibility index (Phi) is 4.81. The summed E-state index contributed by atoms with van der Waals surface area (Å²) in [5, 5.41) is 0. The van der Waals surface area contributed by atoms with Crippen LogP contribution in [0.5, 0.6) is 0 Å². The van der Waals surface area contributed by atoms with Gasteiger partial charge in [0, 0.05) is 36.0 Å². The van der Waals surface area contributed by atoms with Crippen LogP contribution in [0.1, 0.15) is 11.1 Å². The SMILES string of the molecule is Cc1ccc2c(N3CCN(C(=O)OCc4ccccc4)CC3)c1SS2. The zero-order valence-electron chi connectivity index (χ0n) is 14.1. The maximum atomic E-state index is 12.3. The van der Waals surface area contributed by atoms with Gasteiger partial charge in [-0.3, -0.25) is 0 Å². The molecule has 0 aromatic heterocycles. The number of benzene rings is 2. The van der Waals surface area contributed by atoms with Crippen molar-refractivity contribution >= 4 is 33.4 Å². The highest BCUT2D eigenvalue weighted by Crippen LogP contribution is 2.55. The topological polar surface area (TPSA) is 32.8 Å². The highest BCUT2D eigenvalue weighted by Gasteiger charge is 2.29. The number of hydrogen-bond donors (Lipinski definition) is 0. The second-order valence-corrected chi connectivity index (χ2v) is 8.42. The molecule has 1 amide bonds. The van der Waals surface area contributed by atoms with Crippen LogP contribution in [0.25, 0.3) is 0 Å². The third-order valence-corrected chi connectivity index (χ3v) is 7.13. The number of carbonyl (C=O) groups excluding carboxylic acids is 1. The molecule has 2 bridgehead atoms. The monoisotopic (exact) mass is 372 g/mol. The highest BCUT2D eigenvalue weighted by atomic mass is 33.1. The van der Waals surface area contributed by atoms with Gasteiger partial charge in [0.1, 0.15) is 6.61 Å². The summed E-state index contributed by atoms with van der Waals surface area (Å²) in [6.07, 6.45) is -0.216. The van der Waals surface area contributed by atoms with Crippen molar-refractivity contribution < 1.29 is 9.53 Å². The summed E-state index contributed by atoms with van der Waals surface area (Å²) in [6.45, 7) is 5.61. The van der Waals surface area contributed by atoms with E-state index in [4.69, 9.17) is 4.74 Å². The molecule has 0 spiro atoms. The Hall–Kier alpha value is -1.79. The van der Waals surface area contributed by atoms with Crippen LogP contribution in [-0.4, -0.2) is 37.2 Å². The molecule has 6 heteroatoms. The minimum Gasteiger partial charge on any atom is -0.445 e. The lowest BCUT2D eigenvalue weighted by molar-refractivity contribution is 0.0941. The summed E-state index contributed by atoms with van der Waals surface area (Å²) in [6, 6.07) is 14.2. The maximum Gasteiger partial charge on any atom is 0.410 e. The smallest absolute Gasteiger partial charge is 0.410 e. The summed E-state index contributed by atoms with van der Waals surface area (Å²) in [7, 11) is 3.68. The van der Waals surface area contributed by atoms with Crippen molar-refractivity contribution in [1.82, 2.24) is 4.90 Å². The van der Waals surface area contributed by atoms with Gasteiger partial charge in [0.05, 0.1) is 5.69 Å². The molecule has 0 aliphatic carbocycles. The Balaban J connectivity index is 1.34. The van der Waals surface area contributed by atoms with Crippen molar-refractivity contribution in [2.24, 2.45) is 0 Å². The minimum absolute atomic E-state index is 0.216. The Morgan fingerprint density at radius 1 is 1.04 bits per heavy atom. The van der Waals surface area contributed by atoms with E-state index in [0.29, 0.717) is 19.7 Å². The van der Waals surface area contributed by atoms with Gasteiger partial charge in [-0.15, -0.1) is 0 Å². The van der Waals surface area contributed by atoms with Crippen molar-refractivity contribution in [3.05, 3.63) is 53.6 Å². The van der Waals surface area contributed by atoms with E-state index in [1.54, 1.807) is 0 Å². The first-order valence-electron chi connectivity index (χ1n) is 8.41. The first-order valence-corrected chi connectivity index (χ1v) is 10.6. The van der Waals surface area contributed by atoms with Gasteiger partial charge in [0.2, 0.25) is 0 Å². The van der Waals surface area contributed by atoms with Crippen LogP contribution in [0.3, 0.4) is 0 Å². The predicted octanol–water partition coefficient (Wildman–Crippen LogP) is 4.57. The molecule has 2 aromatic carbocycles. The van der Waals surface area contributed by atoms with E-state index in [1.165, 1.54) is 21.0 Å². The molecule has 2 aliphatic rings. The van der Waals surface area contributed by atoms with Crippen LogP contribution in [0.15, 0.2) is 52.3 Å². The Morgan fingerprint density at radius 3 is 2.56 bits per heavy atom. The van der Waals surface area contributed by atoms with Crippen molar-refractivity contribution in [2.45, 2.75) is 23.3 Å². The largest absolute Gasteiger partial charge is 0.445 e. The molecule has 1 saturated heterocycles. The molecule has 2 aromatic rings. The molecule has 130 valence electrons. The third-order valence-electron chi connectivity index (χ3n) is 4.57. The number of amides is 1. The Morgan fingerprint density at radius 2 is 1.80 bits per heavy atom. The molecule has 25 heavy (non-hydrogen) atoms. The Labute approximate surface area is 155 Å². The first kappa shape index (κ1) is 16.7. The lowest BCUT2D eigenvalue weighted by Gasteiger charge is -2.36. The zero-order chi connectivity index (χ0) is 17.2. The van der Waals surface area contributed by atoms with E-state index in [2.05, 4.69) is 24.0 Å². The first-order chi connectivity index (χ1) is 12.2. The summed E-state index contributed by atoms with van der Waals surface area (Å²) in [5.41, 5.74) is 3.70. The summed E-state index contributed by atoms with van der Waals surface area (Å²) in [5.74, 6) is 0. The van der Waals surface area contributed by atoms with E-state index in [9.17, 15) is 4.79 Å². The van der Waals surface area contributed by atoms with Crippen molar-refractivity contribution in [2.75, 3.05) is 31.1 Å². The van der Waals surface area contributed by atoms with Gasteiger partial charge < -0.3 is 14.5 Å². The fourth-order valence-electron chi connectivity index (χ4n) is 3.14. The number of anilines is 1. The molecular weight excluding hydrogens is 352 g/mol. The number of rotatable bonds is 3. The van der Waals surface area contributed by atoms with Crippen LogP contribution in [-0.2, 0) is 11.3 Å². The van der Waals surface area contributed by atoms with E-state index in [1.807, 2.05) is 56.8 Å². The van der Waals surface area contributed by atoms with Crippen LogP contribution in [0, 0.1) is 6.92 Å². The van der Waals surface area contributed by atoms with Gasteiger partial charge >= 0.3 is 6.09 Å². The van der Waals surface area contributed by atoms with Gasteiger partial charge in [0.15, 0.2) is 0 Å². The number of piperazine rings is 1. The van der Waals surface area contributed by atoms with Crippen molar-refractivity contribution in [3.63, 3.8) is 0 Å². The summed E-state index contributed by atoms with van der Waals surface area (Å²) in [4.78, 5) is 19.2. The van der Waals surface area contributed by atoms with Gasteiger partial charge in [-0.1, -0.05) is 47.2 Å². The molecular formula is C19H20N2O2S2. The Bertz CT molecular complexity index is 774. The van der Waals surface area contributed by atoms with E-state index in [0.717, 1.165) is 18.7 Å². The van der Waals surface area contributed by atoms with Crippen molar-refractivity contribution in [3.8, 4) is 0 Å².